The fourth-order valence-electron chi connectivity index (χ4n) is 3.67. The van der Waals surface area contributed by atoms with Crippen LogP contribution in [0.25, 0.3) is 0 Å². The third-order valence-electron chi connectivity index (χ3n) is 5.00. The Labute approximate surface area is 165 Å². The number of benzene rings is 3. The van der Waals surface area contributed by atoms with Gasteiger partial charge in [-0.25, -0.2) is 0 Å². The molecule has 3 aromatic rings. The lowest BCUT2D eigenvalue weighted by Gasteiger charge is -2.40. The Morgan fingerprint density at radius 3 is 2.18 bits per heavy atom. The molecule has 4 nitrogen and oxygen atoms in total. The molecular weight excluding hydrogens is 348 g/mol. The van der Waals surface area contributed by atoms with Crippen molar-refractivity contribution in [2.24, 2.45) is 0 Å². The van der Waals surface area contributed by atoms with E-state index in [1.807, 2.05) is 66.7 Å². The van der Waals surface area contributed by atoms with Crippen molar-refractivity contribution in [3.05, 3.63) is 108 Å². The van der Waals surface area contributed by atoms with Crippen molar-refractivity contribution < 1.29 is 9.53 Å². The van der Waals surface area contributed by atoms with E-state index in [2.05, 4.69) is 34.5 Å². The number of piperazine rings is 1. The molecule has 28 heavy (non-hydrogen) atoms. The van der Waals surface area contributed by atoms with Crippen molar-refractivity contribution >= 4 is 5.91 Å². The molecule has 1 N–H and O–H groups in total. The van der Waals surface area contributed by atoms with E-state index in [1.165, 1.54) is 0 Å². The molecule has 0 radical (unpaired) electrons. The van der Waals surface area contributed by atoms with Gasteiger partial charge in [-0.3, -0.25) is 9.69 Å². The van der Waals surface area contributed by atoms with Crippen LogP contribution in [0.1, 0.15) is 29.0 Å². The highest BCUT2D eigenvalue weighted by Gasteiger charge is 2.36. The van der Waals surface area contributed by atoms with Crippen LogP contribution in [0, 0.1) is 0 Å². The molecule has 1 aliphatic heterocycles. The van der Waals surface area contributed by atoms with Crippen molar-refractivity contribution in [3.8, 4) is 0 Å². The molecule has 0 aliphatic carbocycles. The second-order valence-corrected chi connectivity index (χ2v) is 6.90. The van der Waals surface area contributed by atoms with Crippen LogP contribution in [-0.4, -0.2) is 23.9 Å². The van der Waals surface area contributed by atoms with Crippen LogP contribution in [0.15, 0.2) is 91.0 Å². The maximum atomic E-state index is 12.8. The van der Waals surface area contributed by atoms with Crippen molar-refractivity contribution in [2.75, 3.05) is 13.1 Å². The fourth-order valence-corrected chi connectivity index (χ4v) is 3.67. The molecule has 2 unspecified atom stereocenters. The average molecular weight is 372 g/mol. The standard InChI is InChI=1S/C24H24N2O2/c27-23-22(20-12-6-2-7-13-20)26(17-16-25-23)24(21-14-8-3-9-15-21)28-18-19-10-4-1-5-11-19/h1-15,22,24H,16-18H2,(H,25,27). The minimum Gasteiger partial charge on any atom is -0.354 e. The molecule has 1 aliphatic rings. The quantitative estimate of drug-likeness (QED) is 0.709. The first-order chi connectivity index (χ1) is 13.8. The van der Waals surface area contributed by atoms with Crippen LogP contribution >= 0.6 is 0 Å². The molecule has 3 aromatic carbocycles. The third kappa shape index (κ3) is 4.14. The van der Waals surface area contributed by atoms with Gasteiger partial charge in [0, 0.05) is 13.1 Å². The van der Waals surface area contributed by atoms with Gasteiger partial charge in [-0.05, 0) is 16.7 Å². The van der Waals surface area contributed by atoms with Crippen LogP contribution in [0.3, 0.4) is 0 Å². The van der Waals surface area contributed by atoms with E-state index in [0.717, 1.165) is 23.2 Å². The summed E-state index contributed by atoms with van der Waals surface area (Å²) in [6, 6.07) is 29.8. The number of hydrogen-bond acceptors (Lipinski definition) is 3. The van der Waals surface area contributed by atoms with Crippen LogP contribution in [0.5, 0.6) is 0 Å². The zero-order chi connectivity index (χ0) is 19.2. The topological polar surface area (TPSA) is 41.6 Å². The summed E-state index contributed by atoms with van der Waals surface area (Å²) in [6.07, 6.45) is -0.308. The zero-order valence-corrected chi connectivity index (χ0v) is 15.7. The normalized spacial score (nSPS) is 18.4. The van der Waals surface area contributed by atoms with Gasteiger partial charge in [0.1, 0.15) is 12.3 Å². The number of hydrogen-bond donors (Lipinski definition) is 1. The highest BCUT2D eigenvalue weighted by molar-refractivity contribution is 5.84. The summed E-state index contributed by atoms with van der Waals surface area (Å²) in [5.41, 5.74) is 3.14. The molecule has 142 valence electrons. The van der Waals surface area contributed by atoms with Crippen molar-refractivity contribution in [3.63, 3.8) is 0 Å². The summed E-state index contributed by atoms with van der Waals surface area (Å²) in [5, 5.41) is 3.00. The lowest BCUT2D eigenvalue weighted by molar-refractivity contribution is -0.144. The molecule has 0 saturated carbocycles. The van der Waals surface area contributed by atoms with Gasteiger partial charge in [-0.15, -0.1) is 0 Å². The van der Waals surface area contributed by atoms with E-state index in [0.29, 0.717) is 13.2 Å². The lowest BCUT2D eigenvalue weighted by Crippen LogP contribution is -2.51. The molecule has 1 heterocycles. The van der Waals surface area contributed by atoms with Gasteiger partial charge in [0.2, 0.25) is 5.91 Å². The number of nitrogens with one attached hydrogen (secondary N) is 1. The maximum absolute atomic E-state index is 12.8. The number of nitrogens with zero attached hydrogens (tertiary/aromatic N) is 1. The number of ether oxygens (including phenoxy) is 1. The largest absolute Gasteiger partial charge is 0.354 e. The van der Waals surface area contributed by atoms with E-state index >= 15 is 0 Å². The summed E-state index contributed by atoms with van der Waals surface area (Å²) >= 11 is 0. The predicted octanol–water partition coefficient (Wildman–Crippen LogP) is 4.08. The van der Waals surface area contributed by atoms with Crippen molar-refractivity contribution in [1.29, 1.82) is 0 Å². The van der Waals surface area contributed by atoms with E-state index in [9.17, 15) is 4.79 Å². The molecule has 1 fully saturated rings. The smallest absolute Gasteiger partial charge is 0.242 e. The van der Waals surface area contributed by atoms with Crippen LogP contribution in [0.4, 0.5) is 0 Å². The minimum absolute atomic E-state index is 0.0155. The first-order valence-corrected chi connectivity index (χ1v) is 9.62. The van der Waals surface area contributed by atoms with Crippen LogP contribution in [-0.2, 0) is 16.1 Å². The summed E-state index contributed by atoms with van der Waals surface area (Å²) in [4.78, 5) is 15.0. The van der Waals surface area contributed by atoms with Gasteiger partial charge >= 0.3 is 0 Å². The summed E-state index contributed by atoms with van der Waals surface area (Å²) in [6.45, 7) is 1.82. The van der Waals surface area contributed by atoms with Crippen LogP contribution in [0.2, 0.25) is 0 Å². The molecule has 1 saturated heterocycles. The zero-order valence-electron chi connectivity index (χ0n) is 15.7. The van der Waals surface area contributed by atoms with E-state index < -0.39 is 0 Å². The molecule has 0 spiro atoms. The Bertz CT molecular complexity index is 884. The Balaban J connectivity index is 1.66. The number of carbonyl (C=O) groups excluding carboxylic acids is 1. The average Bonchev–Trinajstić information content (AvgIpc) is 2.76. The molecule has 4 heteroatoms. The fraction of sp³-hybridized carbons (Fsp3) is 0.208. The summed E-state index contributed by atoms with van der Waals surface area (Å²) in [7, 11) is 0. The number of rotatable bonds is 6. The summed E-state index contributed by atoms with van der Waals surface area (Å²) in [5.74, 6) is 0.0155. The molecule has 1 amide bonds. The van der Waals surface area contributed by atoms with E-state index in [1.54, 1.807) is 0 Å². The molecular formula is C24H24N2O2. The third-order valence-corrected chi connectivity index (χ3v) is 5.00. The number of carbonyl (C=O) groups is 1. The summed E-state index contributed by atoms with van der Waals surface area (Å²) < 4.78 is 6.40. The minimum atomic E-state index is -0.379. The first-order valence-electron chi connectivity index (χ1n) is 9.62. The Morgan fingerprint density at radius 1 is 0.893 bits per heavy atom. The highest BCUT2D eigenvalue weighted by Crippen LogP contribution is 2.33. The highest BCUT2D eigenvalue weighted by atomic mass is 16.5. The Kier molecular flexibility index (Phi) is 5.80. The molecule has 0 aromatic heterocycles. The molecule has 4 rings (SSSR count). The van der Waals surface area contributed by atoms with Gasteiger partial charge in [0.25, 0.3) is 0 Å². The second kappa shape index (κ2) is 8.83. The lowest BCUT2D eigenvalue weighted by atomic mass is 10.0. The SMILES string of the molecule is O=C1NCCN(C(OCc2ccccc2)c2ccccc2)C1c1ccccc1. The first kappa shape index (κ1) is 18.4. The monoisotopic (exact) mass is 372 g/mol. The van der Waals surface area contributed by atoms with Crippen molar-refractivity contribution in [2.45, 2.75) is 18.9 Å². The Hall–Kier alpha value is -2.95. The van der Waals surface area contributed by atoms with Gasteiger partial charge in [-0.2, -0.15) is 0 Å². The van der Waals surface area contributed by atoms with Crippen molar-refractivity contribution in [1.82, 2.24) is 10.2 Å². The van der Waals surface area contributed by atoms with E-state index in [4.69, 9.17) is 4.74 Å². The van der Waals surface area contributed by atoms with Gasteiger partial charge in [0.05, 0.1) is 6.61 Å². The van der Waals surface area contributed by atoms with Gasteiger partial charge in [-0.1, -0.05) is 91.0 Å². The molecule has 2 atom stereocenters. The van der Waals surface area contributed by atoms with Gasteiger partial charge < -0.3 is 10.1 Å². The van der Waals surface area contributed by atoms with Gasteiger partial charge in [0.15, 0.2) is 0 Å². The second-order valence-electron chi connectivity index (χ2n) is 6.90. The predicted molar refractivity (Wildman–Crippen MR) is 109 cm³/mol. The van der Waals surface area contributed by atoms with Crippen LogP contribution < -0.4 is 5.32 Å². The van der Waals surface area contributed by atoms with E-state index in [-0.39, 0.29) is 18.2 Å². The Morgan fingerprint density at radius 2 is 1.50 bits per heavy atom. The maximum Gasteiger partial charge on any atom is 0.242 e. The molecule has 0 bridgehead atoms. The number of amides is 1.